The monoisotopic (exact) mass is 305 g/mol. The van der Waals surface area contributed by atoms with Gasteiger partial charge in [0.05, 0.1) is 0 Å². The fourth-order valence-electron chi connectivity index (χ4n) is 2.74. The second-order valence-corrected chi connectivity index (χ2v) is 5.82. The van der Waals surface area contributed by atoms with Crippen LogP contribution in [0.4, 0.5) is 0 Å². The van der Waals surface area contributed by atoms with Crippen molar-refractivity contribution in [2.45, 2.75) is 25.3 Å². The van der Waals surface area contributed by atoms with Crippen molar-refractivity contribution in [3.8, 4) is 11.5 Å². The van der Waals surface area contributed by atoms with Crippen molar-refractivity contribution in [2.75, 3.05) is 20.3 Å². The Hall–Kier alpha value is -2.24. The Labute approximate surface area is 128 Å². The number of amides is 1. The molecule has 1 fully saturated rings. The molecule has 6 nitrogen and oxygen atoms in total. The third kappa shape index (κ3) is 2.61. The summed E-state index contributed by atoms with van der Waals surface area (Å²) < 4.78 is 11.0. The quantitative estimate of drug-likeness (QED) is 0.912. The zero-order valence-corrected chi connectivity index (χ0v) is 12.6. The van der Waals surface area contributed by atoms with E-state index < -0.39 is 12.0 Å². The summed E-state index contributed by atoms with van der Waals surface area (Å²) in [6.07, 6.45) is 0.745. The van der Waals surface area contributed by atoms with E-state index in [2.05, 4.69) is 0 Å². The van der Waals surface area contributed by atoms with E-state index in [0.717, 1.165) is 17.7 Å². The van der Waals surface area contributed by atoms with Gasteiger partial charge in [0, 0.05) is 13.0 Å². The van der Waals surface area contributed by atoms with Crippen LogP contribution in [0.25, 0.3) is 0 Å². The smallest absolute Gasteiger partial charge is 0.326 e. The Morgan fingerprint density at radius 2 is 1.95 bits per heavy atom. The Morgan fingerprint density at radius 1 is 1.27 bits per heavy atom. The van der Waals surface area contributed by atoms with E-state index in [9.17, 15) is 9.59 Å². The van der Waals surface area contributed by atoms with Gasteiger partial charge >= 0.3 is 5.97 Å². The number of hydrogen-bond donors (Lipinski definition) is 1. The van der Waals surface area contributed by atoms with Crippen LogP contribution in [0.1, 0.15) is 24.8 Å². The van der Waals surface area contributed by atoms with Gasteiger partial charge in [-0.25, -0.2) is 4.79 Å². The summed E-state index contributed by atoms with van der Waals surface area (Å²) in [7, 11) is 1.54. The number of ether oxygens (including phenoxy) is 2. The highest BCUT2D eigenvalue weighted by Crippen LogP contribution is 2.50. The van der Waals surface area contributed by atoms with Gasteiger partial charge in [-0.15, -0.1) is 0 Å². The Morgan fingerprint density at radius 3 is 2.64 bits per heavy atom. The minimum Gasteiger partial charge on any atom is -0.486 e. The van der Waals surface area contributed by atoms with Gasteiger partial charge in [0.2, 0.25) is 5.91 Å². The lowest BCUT2D eigenvalue weighted by Gasteiger charge is -2.22. The van der Waals surface area contributed by atoms with Crippen molar-refractivity contribution in [1.82, 2.24) is 4.90 Å². The minimum absolute atomic E-state index is 0.116. The molecule has 0 saturated heterocycles. The van der Waals surface area contributed by atoms with Gasteiger partial charge in [0.1, 0.15) is 19.3 Å². The summed E-state index contributed by atoms with van der Waals surface area (Å²) in [6, 6.07) is 4.93. The van der Waals surface area contributed by atoms with Crippen LogP contribution in [-0.2, 0) is 9.59 Å². The number of hydrogen-bond acceptors (Lipinski definition) is 4. The predicted octanol–water partition coefficient (Wildman–Crippen LogP) is 1.49. The highest BCUT2D eigenvalue weighted by molar-refractivity contribution is 5.87. The molecular formula is C16H19NO5. The number of carbonyl (C=O) groups excluding carboxylic acids is 1. The fourth-order valence-corrected chi connectivity index (χ4v) is 2.74. The molecule has 0 aromatic heterocycles. The zero-order chi connectivity index (χ0) is 15.9. The zero-order valence-electron chi connectivity index (χ0n) is 12.6. The van der Waals surface area contributed by atoms with Crippen molar-refractivity contribution in [3.63, 3.8) is 0 Å². The van der Waals surface area contributed by atoms with Crippen LogP contribution in [-0.4, -0.2) is 48.2 Å². The lowest BCUT2D eigenvalue weighted by molar-refractivity contribution is -0.148. The molecule has 1 aromatic carbocycles. The first-order chi connectivity index (χ1) is 10.5. The van der Waals surface area contributed by atoms with Crippen LogP contribution in [0.2, 0.25) is 0 Å². The first-order valence-electron chi connectivity index (χ1n) is 7.38. The van der Waals surface area contributed by atoms with Crippen LogP contribution in [0, 0.1) is 5.92 Å². The molecule has 0 radical (unpaired) electrons. The average Bonchev–Trinajstić information content (AvgIpc) is 3.32. The van der Waals surface area contributed by atoms with Crippen molar-refractivity contribution < 1.29 is 24.2 Å². The SMILES string of the molecule is CC(C(=O)O)N(C)C(=O)C1CC1c1ccc2c(c1)OCCO2. The van der Waals surface area contributed by atoms with E-state index in [-0.39, 0.29) is 17.7 Å². The molecule has 1 aromatic rings. The van der Waals surface area contributed by atoms with Crippen LogP contribution in [0.3, 0.4) is 0 Å². The molecule has 1 saturated carbocycles. The number of carboxylic acid groups (broad SMARTS) is 1. The standard InChI is InChI=1S/C16H19NO5/c1-9(16(19)20)17(2)15(18)12-8-11(12)10-3-4-13-14(7-10)22-6-5-21-13/h3-4,7,9,11-12H,5-6,8H2,1-2H3,(H,19,20). The number of carboxylic acids is 1. The first kappa shape index (κ1) is 14.7. The molecule has 2 aliphatic rings. The summed E-state index contributed by atoms with van der Waals surface area (Å²) in [5.41, 5.74) is 1.04. The maximum absolute atomic E-state index is 12.3. The second kappa shape index (κ2) is 5.51. The molecule has 1 heterocycles. The molecule has 118 valence electrons. The van der Waals surface area contributed by atoms with Crippen molar-refractivity contribution >= 4 is 11.9 Å². The number of aliphatic carboxylic acids is 1. The molecule has 0 spiro atoms. The van der Waals surface area contributed by atoms with E-state index in [4.69, 9.17) is 14.6 Å². The first-order valence-corrected chi connectivity index (χ1v) is 7.38. The van der Waals surface area contributed by atoms with E-state index >= 15 is 0 Å². The molecule has 1 aliphatic carbocycles. The van der Waals surface area contributed by atoms with Crippen LogP contribution in [0.15, 0.2) is 18.2 Å². The molecule has 22 heavy (non-hydrogen) atoms. The van der Waals surface area contributed by atoms with E-state index in [1.54, 1.807) is 7.05 Å². The Kier molecular flexibility index (Phi) is 3.68. The van der Waals surface area contributed by atoms with Gasteiger partial charge in [-0.2, -0.15) is 0 Å². The molecule has 1 aliphatic heterocycles. The van der Waals surface area contributed by atoms with Gasteiger partial charge in [0.25, 0.3) is 0 Å². The third-order valence-electron chi connectivity index (χ3n) is 4.39. The maximum Gasteiger partial charge on any atom is 0.326 e. The summed E-state index contributed by atoms with van der Waals surface area (Å²) in [5, 5.41) is 8.99. The molecule has 1 N–H and O–H groups in total. The van der Waals surface area contributed by atoms with Crippen LogP contribution < -0.4 is 9.47 Å². The van der Waals surface area contributed by atoms with Crippen LogP contribution >= 0.6 is 0 Å². The van der Waals surface area contributed by atoms with Crippen LogP contribution in [0.5, 0.6) is 11.5 Å². The van der Waals surface area contributed by atoms with Gasteiger partial charge in [-0.05, 0) is 37.0 Å². The van der Waals surface area contributed by atoms with Gasteiger partial charge in [-0.1, -0.05) is 6.07 Å². The predicted molar refractivity (Wildman–Crippen MR) is 78.1 cm³/mol. The molecule has 3 atom stereocenters. The Bertz CT molecular complexity index is 615. The lowest BCUT2D eigenvalue weighted by atomic mass is 10.1. The number of rotatable bonds is 4. The third-order valence-corrected chi connectivity index (χ3v) is 4.39. The highest BCUT2D eigenvalue weighted by atomic mass is 16.6. The fraction of sp³-hybridized carbons (Fsp3) is 0.500. The van der Waals surface area contributed by atoms with E-state index in [1.807, 2.05) is 18.2 Å². The molecule has 3 rings (SSSR count). The number of benzene rings is 1. The van der Waals surface area contributed by atoms with Crippen molar-refractivity contribution in [3.05, 3.63) is 23.8 Å². The summed E-state index contributed by atoms with van der Waals surface area (Å²) in [6.45, 7) is 2.60. The average molecular weight is 305 g/mol. The topological polar surface area (TPSA) is 76.1 Å². The highest BCUT2D eigenvalue weighted by Gasteiger charge is 2.46. The van der Waals surface area contributed by atoms with Gasteiger partial charge < -0.3 is 19.5 Å². The molecule has 0 bridgehead atoms. The summed E-state index contributed by atoms with van der Waals surface area (Å²) in [5.74, 6) is 0.326. The number of nitrogens with zero attached hydrogens (tertiary/aromatic N) is 1. The number of carbonyl (C=O) groups is 2. The summed E-state index contributed by atoms with van der Waals surface area (Å²) >= 11 is 0. The minimum atomic E-state index is -0.993. The maximum atomic E-state index is 12.3. The van der Waals surface area contributed by atoms with E-state index in [0.29, 0.717) is 19.0 Å². The lowest BCUT2D eigenvalue weighted by Crippen LogP contribution is -2.41. The van der Waals surface area contributed by atoms with Gasteiger partial charge in [-0.3, -0.25) is 4.79 Å². The number of fused-ring (bicyclic) bond motifs is 1. The largest absolute Gasteiger partial charge is 0.486 e. The molecule has 6 heteroatoms. The van der Waals surface area contributed by atoms with E-state index in [1.165, 1.54) is 11.8 Å². The van der Waals surface area contributed by atoms with Crippen molar-refractivity contribution in [2.24, 2.45) is 5.92 Å². The second-order valence-electron chi connectivity index (χ2n) is 5.82. The normalized spacial score (nSPS) is 23.5. The molecule has 1 amide bonds. The van der Waals surface area contributed by atoms with Gasteiger partial charge in [0.15, 0.2) is 11.5 Å². The Balaban J connectivity index is 1.69. The molecule has 3 unspecified atom stereocenters. The number of likely N-dealkylation sites (N-methyl/N-ethyl adjacent to an activating group) is 1. The summed E-state index contributed by atoms with van der Waals surface area (Å²) in [4.78, 5) is 24.6. The molecular weight excluding hydrogens is 286 g/mol. The van der Waals surface area contributed by atoms with Crippen molar-refractivity contribution in [1.29, 1.82) is 0 Å².